The molecule has 0 N–H and O–H groups in total. The third-order valence-corrected chi connectivity index (χ3v) is 8.52. The SMILES string of the molecule is COc1ccc2c(c1)[C@]1(SCCN1C(=O)c1ccc(C)cc1)C(=O)N2Cc1ccc(C(C)(C)C)cc1. The predicted molar refractivity (Wildman–Crippen MR) is 146 cm³/mol. The van der Waals surface area contributed by atoms with Crippen molar-refractivity contribution in [3.63, 3.8) is 0 Å². The number of nitrogens with zero attached hydrogens (tertiary/aromatic N) is 2. The minimum atomic E-state index is -1.10. The summed E-state index contributed by atoms with van der Waals surface area (Å²) in [5.74, 6) is 1.16. The van der Waals surface area contributed by atoms with Crippen LogP contribution in [0.2, 0.25) is 0 Å². The number of rotatable bonds is 4. The van der Waals surface area contributed by atoms with Gasteiger partial charge in [0, 0.05) is 23.4 Å². The minimum Gasteiger partial charge on any atom is -0.497 e. The minimum absolute atomic E-state index is 0.0620. The Kier molecular flexibility index (Phi) is 6.11. The highest BCUT2D eigenvalue weighted by Gasteiger charge is 2.59. The highest BCUT2D eigenvalue weighted by Crippen LogP contribution is 2.55. The molecule has 0 unspecified atom stereocenters. The van der Waals surface area contributed by atoms with Crippen molar-refractivity contribution in [1.29, 1.82) is 0 Å². The summed E-state index contributed by atoms with van der Waals surface area (Å²) in [7, 11) is 1.62. The highest BCUT2D eigenvalue weighted by atomic mass is 32.2. The lowest BCUT2D eigenvalue weighted by atomic mass is 9.87. The van der Waals surface area contributed by atoms with Gasteiger partial charge in [0.05, 0.1) is 19.3 Å². The number of methoxy groups -OCH3 is 1. The van der Waals surface area contributed by atoms with Gasteiger partial charge in [0.25, 0.3) is 11.8 Å². The molecule has 0 bridgehead atoms. The molecule has 0 aliphatic carbocycles. The van der Waals surface area contributed by atoms with E-state index in [4.69, 9.17) is 4.74 Å². The fourth-order valence-corrected chi connectivity index (χ4v) is 6.47. The van der Waals surface area contributed by atoms with Crippen LogP contribution < -0.4 is 9.64 Å². The van der Waals surface area contributed by atoms with Gasteiger partial charge in [0.15, 0.2) is 4.87 Å². The lowest BCUT2D eigenvalue weighted by Crippen LogP contribution is -2.50. The normalized spacial score (nSPS) is 19.2. The Labute approximate surface area is 217 Å². The Morgan fingerprint density at radius 3 is 2.36 bits per heavy atom. The largest absolute Gasteiger partial charge is 0.497 e. The van der Waals surface area contributed by atoms with Crippen LogP contribution in [0.15, 0.2) is 66.7 Å². The first-order valence-electron chi connectivity index (χ1n) is 12.3. The summed E-state index contributed by atoms with van der Waals surface area (Å²) in [6.07, 6.45) is 0. The van der Waals surface area contributed by atoms with Crippen molar-refractivity contribution in [3.8, 4) is 5.75 Å². The molecular formula is C30H32N2O3S. The summed E-state index contributed by atoms with van der Waals surface area (Å²) in [5, 5.41) is 0. The van der Waals surface area contributed by atoms with E-state index in [0.29, 0.717) is 30.2 Å². The molecule has 3 aromatic rings. The molecule has 186 valence electrons. The van der Waals surface area contributed by atoms with Gasteiger partial charge in [-0.05, 0) is 53.8 Å². The van der Waals surface area contributed by atoms with E-state index in [0.717, 1.165) is 22.4 Å². The second-order valence-electron chi connectivity index (χ2n) is 10.5. The molecule has 2 aliphatic heterocycles. The number of carbonyl (C=O) groups is 2. The Morgan fingerprint density at radius 1 is 1.03 bits per heavy atom. The number of thioether (sulfide) groups is 1. The van der Waals surface area contributed by atoms with E-state index in [-0.39, 0.29) is 17.2 Å². The van der Waals surface area contributed by atoms with Gasteiger partial charge in [-0.1, -0.05) is 62.7 Å². The number of anilines is 1. The number of benzene rings is 3. The summed E-state index contributed by atoms with van der Waals surface area (Å²) in [5.41, 5.74) is 5.70. The fraction of sp³-hybridized carbons (Fsp3) is 0.333. The third-order valence-electron chi connectivity index (χ3n) is 7.10. The molecule has 6 heteroatoms. The zero-order valence-corrected chi connectivity index (χ0v) is 22.3. The van der Waals surface area contributed by atoms with Gasteiger partial charge in [-0.3, -0.25) is 9.59 Å². The summed E-state index contributed by atoms with van der Waals surface area (Å²) < 4.78 is 5.53. The topological polar surface area (TPSA) is 49.9 Å². The van der Waals surface area contributed by atoms with E-state index in [9.17, 15) is 9.59 Å². The molecule has 3 aromatic carbocycles. The number of amides is 2. The number of fused-ring (bicyclic) bond motifs is 2. The van der Waals surface area contributed by atoms with Gasteiger partial charge < -0.3 is 14.5 Å². The van der Waals surface area contributed by atoms with Crippen LogP contribution in [0.3, 0.4) is 0 Å². The zero-order chi connectivity index (χ0) is 25.7. The maximum atomic E-state index is 14.3. The van der Waals surface area contributed by atoms with Crippen LogP contribution in [0.25, 0.3) is 0 Å². The standard InChI is InChI=1S/C30H32N2O3S/c1-20-6-10-22(11-7-20)27(33)32-16-17-36-30(32)25-18-24(35-5)14-15-26(25)31(28(30)34)19-21-8-12-23(13-9-21)29(2,3)4/h6-15,18H,16-17,19H2,1-5H3/t30-/m0/s1. The number of hydrogen-bond donors (Lipinski definition) is 0. The maximum absolute atomic E-state index is 14.3. The fourth-order valence-electron chi connectivity index (χ4n) is 5.02. The molecule has 0 radical (unpaired) electrons. The molecule has 0 saturated carbocycles. The van der Waals surface area contributed by atoms with Crippen molar-refractivity contribution in [1.82, 2.24) is 4.90 Å². The molecule has 36 heavy (non-hydrogen) atoms. The Balaban J connectivity index is 1.55. The van der Waals surface area contributed by atoms with Crippen molar-refractivity contribution < 1.29 is 14.3 Å². The first-order chi connectivity index (χ1) is 17.1. The summed E-state index contributed by atoms with van der Waals surface area (Å²) >= 11 is 1.54. The number of hydrogen-bond acceptors (Lipinski definition) is 4. The van der Waals surface area contributed by atoms with Crippen molar-refractivity contribution in [2.24, 2.45) is 0 Å². The smallest absolute Gasteiger partial charge is 0.268 e. The van der Waals surface area contributed by atoms with E-state index in [1.165, 1.54) is 17.3 Å². The van der Waals surface area contributed by atoms with E-state index in [2.05, 4.69) is 45.0 Å². The van der Waals surface area contributed by atoms with Gasteiger partial charge in [-0.15, -0.1) is 11.8 Å². The monoisotopic (exact) mass is 500 g/mol. The lowest BCUT2D eigenvalue weighted by molar-refractivity contribution is -0.123. The van der Waals surface area contributed by atoms with Crippen LogP contribution in [0.1, 0.15) is 53.4 Å². The third kappa shape index (κ3) is 3.97. The average Bonchev–Trinajstić information content (AvgIpc) is 3.40. The van der Waals surface area contributed by atoms with Crippen LogP contribution in [0.4, 0.5) is 5.69 Å². The molecule has 5 nitrogen and oxygen atoms in total. The van der Waals surface area contributed by atoms with E-state index < -0.39 is 4.87 Å². The molecule has 1 spiro atoms. The van der Waals surface area contributed by atoms with Crippen molar-refractivity contribution in [2.75, 3.05) is 24.3 Å². The second kappa shape index (κ2) is 9.00. The van der Waals surface area contributed by atoms with E-state index in [1.54, 1.807) is 12.0 Å². The molecule has 2 aliphatic rings. The van der Waals surface area contributed by atoms with Crippen LogP contribution in [-0.4, -0.2) is 36.1 Å². The van der Waals surface area contributed by atoms with Gasteiger partial charge in [0.1, 0.15) is 5.75 Å². The summed E-state index contributed by atoms with van der Waals surface area (Å²) in [6, 6.07) is 21.8. The molecule has 2 amide bonds. The van der Waals surface area contributed by atoms with Crippen LogP contribution >= 0.6 is 11.8 Å². The number of ether oxygens (including phenoxy) is 1. The Hall–Kier alpha value is -3.25. The van der Waals surface area contributed by atoms with Gasteiger partial charge in [0.2, 0.25) is 0 Å². The van der Waals surface area contributed by atoms with Gasteiger partial charge >= 0.3 is 0 Å². The van der Waals surface area contributed by atoms with Gasteiger partial charge in [-0.2, -0.15) is 0 Å². The number of carbonyl (C=O) groups excluding carboxylic acids is 2. The van der Waals surface area contributed by atoms with Crippen molar-refractivity contribution in [3.05, 3.63) is 94.5 Å². The molecule has 1 fully saturated rings. The van der Waals surface area contributed by atoms with Crippen molar-refractivity contribution >= 4 is 29.3 Å². The molecule has 5 rings (SSSR count). The van der Waals surface area contributed by atoms with Crippen LogP contribution in [0, 0.1) is 6.92 Å². The van der Waals surface area contributed by atoms with Gasteiger partial charge in [-0.25, -0.2) is 0 Å². The van der Waals surface area contributed by atoms with E-state index >= 15 is 0 Å². The highest BCUT2D eigenvalue weighted by molar-refractivity contribution is 8.01. The van der Waals surface area contributed by atoms with Crippen LogP contribution in [0.5, 0.6) is 5.75 Å². The lowest BCUT2D eigenvalue weighted by Gasteiger charge is -2.33. The second-order valence-corrected chi connectivity index (χ2v) is 11.8. The molecule has 1 atom stereocenters. The average molecular weight is 501 g/mol. The molecular weight excluding hydrogens is 468 g/mol. The summed E-state index contributed by atoms with van der Waals surface area (Å²) in [4.78, 5) is 30.5. The summed E-state index contributed by atoms with van der Waals surface area (Å²) in [6.45, 7) is 9.52. The first kappa shape index (κ1) is 24.4. The van der Waals surface area contributed by atoms with E-state index in [1.807, 2.05) is 54.3 Å². The Morgan fingerprint density at radius 2 is 1.72 bits per heavy atom. The first-order valence-corrected chi connectivity index (χ1v) is 13.3. The molecule has 2 heterocycles. The quantitative estimate of drug-likeness (QED) is 0.448. The molecule has 1 saturated heterocycles. The van der Waals surface area contributed by atoms with Crippen molar-refractivity contribution in [2.45, 2.75) is 44.5 Å². The zero-order valence-electron chi connectivity index (χ0n) is 21.5. The molecule has 0 aromatic heterocycles. The van der Waals surface area contributed by atoms with Crippen LogP contribution in [-0.2, 0) is 21.6 Å². The predicted octanol–water partition coefficient (Wildman–Crippen LogP) is 5.89. The maximum Gasteiger partial charge on any atom is 0.268 e. The Bertz CT molecular complexity index is 1310. The number of aryl methyl sites for hydroxylation is 1.